The molecule has 1 aromatic carbocycles. The number of likely N-dealkylation sites (tertiary alicyclic amines) is 2. The molecule has 0 amide bonds. The van der Waals surface area contributed by atoms with Gasteiger partial charge in [0.15, 0.2) is 0 Å². The van der Waals surface area contributed by atoms with E-state index in [1.807, 2.05) is 6.07 Å². The van der Waals surface area contributed by atoms with E-state index in [1.54, 1.807) is 12.1 Å². The van der Waals surface area contributed by atoms with Crippen molar-refractivity contribution in [3.05, 3.63) is 35.1 Å². The Morgan fingerprint density at radius 2 is 2.00 bits per heavy atom. The molecular formula is C16H20FN3. The van der Waals surface area contributed by atoms with Crippen LogP contribution in [-0.4, -0.2) is 42.0 Å². The predicted octanol–water partition coefficient (Wildman–Crippen LogP) is 2.37. The van der Waals surface area contributed by atoms with Crippen molar-refractivity contribution in [1.29, 1.82) is 5.26 Å². The Bertz CT molecular complexity index is 517. The van der Waals surface area contributed by atoms with E-state index in [4.69, 9.17) is 5.26 Å². The molecule has 2 heterocycles. The molecule has 106 valence electrons. The number of benzene rings is 1. The third kappa shape index (κ3) is 3.00. The molecule has 3 rings (SSSR count). The van der Waals surface area contributed by atoms with Gasteiger partial charge in [-0.15, -0.1) is 0 Å². The second-order valence-corrected chi connectivity index (χ2v) is 5.88. The van der Waals surface area contributed by atoms with Crippen LogP contribution in [0, 0.1) is 17.1 Å². The molecule has 1 aromatic rings. The lowest BCUT2D eigenvalue weighted by Gasteiger charge is -2.23. The highest BCUT2D eigenvalue weighted by Gasteiger charge is 2.29. The van der Waals surface area contributed by atoms with E-state index in [0.29, 0.717) is 11.6 Å². The molecule has 0 bridgehead atoms. The zero-order chi connectivity index (χ0) is 13.9. The van der Waals surface area contributed by atoms with E-state index in [-0.39, 0.29) is 5.82 Å². The molecule has 0 saturated carbocycles. The van der Waals surface area contributed by atoms with Gasteiger partial charge in [-0.3, -0.25) is 9.80 Å². The van der Waals surface area contributed by atoms with Gasteiger partial charge in [-0.2, -0.15) is 5.26 Å². The van der Waals surface area contributed by atoms with Gasteiger partial charge in [0.1, 0.15) is 5.82 Å². The van der Waals surface area contributed by atoms with E-state index in [9.17, 15) is 4.39 Å². The van der Waals surface area contributed by atoms with Crippen LogP contribution in [0.3, 0.4) is 0 Å². The van der Waals surface area contributed by atoms with Crippen molar-refractivity contribution < 1.29 is 4.39 Å². The number of halogens is 1. The molecule has 0 aliphatic carbocycles. The van der Waals surface area contributed by atoms with Gasteiger partial charge in [0.05, 0.1) is 11.6 Å². The molecule has 2 saturated heterocycles. The minimum Gasteiger partial charge on any atom is -0.299 e. The highest BCUT2D eigenvalue weighted by atomic mass is 19.1. The normalized spacial score (nSPS) is 24.1. The molecule has 3 nitrogen and oxygen atoms in total. The number of nitrogens with zero attached hydrogens (tertiary/aromatic N) is 3. The SMILES string of the molecule is N#Cc1cc(F)cc(CN2CCC(N3CCCC3)C2)c1. The van der Waals surface area contributed by atoms with Crippen LogP contribution in [0.25, 0.3) is 0 Å². The highest BCUT2D eigenvalue weighted by molar-refractivity contribution is 5.33. The Labute approximate surface area is 119 Å². The molecule has 1 atom stereocenters. The first kappa shape index (κ1) is 13.5. The molecule has 0 spiro atoms. The third-order valence-electron chi connectivity index (χ3n) is 4.40. The molecule has 0 radical (unpaired) electrons. The van der Waals surface area contributed by atoms with Crippen LogP contribution >= 0.6 is 0 Å². The van der Waals surface area contributed by atoms with Gasteiger partial charge in [-0.25, -0.2) is 4.39 Å². The van der Waals surface area contributed by atoms with E-state index in [1.165, 1.54) is 38.4 Å². The van der Waals surface area contributed by atoms with Crippen LogP contribution in [-0.2, 0) is 6.54 Å². The number of rotatable bonds is 3. The van der Waals surface area contributed by atoms with Crippen LogP contribution in [0.4, 0.5) is 4.39 Å². The molecule has 2 fully saturated rings. The van der Waals surface area contributed by atoms with E-state index in [2.05, 4.69) is 9.80 Å². The standard InChI is InChI=1S/C16H20FN3/c17-15-8-13(10-18)7-14(9-15)11-19-6-3-16(12-19)20-4-1-2-5-20/h7-9,16H,1-6,11-12H2. The van der Waals surface area contributed by atoms with Crippen molar-refractivity contribution in [1.82, 2.24) is 9.80 Å². The van der Waals surface area contributed by atoms with Gasteiger partial charge in [0, 0.05) is 25.7 Å². The maximum Gasteiger partial charge on any atom is 0.124 e. The largest absolute Gasteiger partial charge is 0.299 e. The molecule has 2 aliphatic rings. The molecule has 0 aromatic heterocycles. The predicted molar refractivity (Wildman–Crippen MR) is 75.6 cm³/mol. The van der Waals surface area contributed by atoms with Gasteiger partial charge >= 0.3 is 0 Å². The molecule has 1 unspecified atom stereocenters. The van der Waals surface area contributed by atoms with Gasteiger partial charge in [-0.1, -0.05) is 0 Å². The average Bonchev–Trinajstić information content (AvgIpc) is 3.08. The molecule has 20 heavy (non-hydrogen) atoms. The van der Waals surface area contributed by atoms with Crippen molar-refractivity contribution in [3.63, 3.8) is 0 Å². The Balaban J connectivity index is 1.61. The lowest BCUT2D eigenvalue weighted by Crippen LogP contribution is -2.35. The van der Waals surface area contributed by atoms with E-state index >= 15 is 0 Å². The maximum atomic E-state index is 13.4. The number of hydrogen-bond acceptors (Lipinski definition) is 3. The van der Waals surface area contributed by atoms with E-state index < -0.39 is 0 Å². The van der Waals surface area contributed by atoms with Crippen molar-refractivity contribution in [2.45, 2.75) is 31.8 Å². The Morgan fingerprint density at radius 1 is 1.20 bits per heavy atom. The maximum absolute atomic E-state index is 13.4. The summed E-state index contributed by atoms with van der Waals surface area (Å²) >= 11 is 0. The monoisotopic (exact) mass is 273 g/mol. The number of hydrogen-bond donors (Lipinski definition) is 0. The first-order valence-corrected chi connectivity index (χ1v) is 7.40. The smallest absolute Gasteiger partial charge is 0.124 e. The summed E-state index contributed by atoms with van der Waals surface area (Å²) in [5, 5.41) is 8.90. The fourth-order valence-electron chi connectivity index (χ4n) is 3.43. The summed E-state index contributed by atoms with van der Waals surface area (Å²) in [5.41, 5.74) is 1.32. The molecular weight excluding hydrogens is 253 g/mol. The van der Waals surface area contributed by atoms with Crippen LogP contribution in [0.15, 0.2) is 18.2 Å². The van der Waals surface area contributed by atoms with Gasteiger partial charge in [0.2, 0.25) is 0 Å². The second kappa shape index (κ2) is 5.90. The van der Waals surface area contributed by atoms with Crippen molar-refractivity contribution in [3.8, 4) is 6.07 Å². The number of nitriles is 1. The minimum absolute atomic E-state index is 0.311. The minimum atomic E-state index is -0.311. The zero-order valence-electron chi connectivity index (χ0n) is 11.7. The Morgan fingerprint density at radius 3 is 2.75 bits per heavy atom. The van der Waals surface area contributed by atoms with Crippen LogP contribution in [0.1, 0.15) is 30.4 Å². The molecule has 4 heteroatoms. The topological polar surface area (TPSA) is 30.3 Å². The summed E-state index contributed by atoms with van der Waals surface area (Å²) in [7, 11) is 0. The lowest BCUT2D eigenvalue weighted by atomic mass is 10.1. The van der Waals surface area contributed by atoms with Gasteiger partial charge < -0.3 is 0 Å². The molecule has 0 N–H and O–H groups in total. The summed E-state index contributed by atoms with van der Waals surface area (Å²) in [4.78, 5) is 4.96. The van der Waals surface area contributed by atoms with E-state index in [0.717, 1.165) is 25.2 Å². The lowest BCUT2D eigenvalue weighted by molar-refractivity contribution is 0.230. The fourth-order valence-corrected chi connectivity index (χ4v) is 3.43. The van der Waals surface area contributed by atoms with Crippen molar-refractivity contribution in [2.75, 3.05) is 26.2 Å². The first-order valence-electron chi connectivity index (χ1n) is 7.40. The Hall–Kier alpha value is -1.44. The van der Waals surface area contributed by atoms with Gasteiger partial charge in [-0.05, 0) is 56.1 Å². The van der Waals surface area contributed by atoms with Crippen LogP contribution in [0.5, 0.6) is 0 Å². The molecule has 2 aliphatic heterocycles. The fraction of sp³-hybridized carbons (Fsp3) is 0.562. The summed E-state index contributed by atoms with van der Waals surface area (Å²) in [6.45, 7) is 5.35. The van der Waals surface area contributed by atoms with Crippen LogP contribution < -0.4 is 0 Å². The van der Waals surface area contributed by atoms with Crippen LogP contribution in [0.2, 0.25) is 0 Å². The second-order valence-electron chi connectivity index (χ2n) is 5.88. The summed E-state index contributed by atoms with van der Waals surface area (Å²) in [6.07, 6.45) is 3.86. The Kier molecular flexibility index (Phi) is 4.00. The summed E-state index contributed by atoms with van der Waals surface area (Å²) in [6, 6.07) is 7.32. The highest BCUT2D eigenvalue weighted by Crippen LogP contribution is 2.22. The van der Waals surface area contributed by atoms with Gasteiger partial charge in [0.25, 0.3) is 0 Å². The third-order valence-corrected chi connectivity index (χ3v) is 4.40. The quantitative estimate of drug-likeness (QED) is 0.847. The average molecular weight is 273 g/mol. The summed E-state index contributed by atoms with van der Waals surface area (Å²) in [5.74, 6) is -0.311. The zero-order valence-corrected chi connectivity index (χ0v) is 11.7. The van der Waals surface area contributed by atoms with Crippen molar-refractivity contribution in [2.24, 2.45) is 0 Å². The summed E-state index contributed by atoms with van der Waals surface area (Å²) < 4.78 is 13.4. The van der Waals surface area contributed by atoms with Crippen molar-refractivity contribution >= 4 is 0 Å². The first-order chi connectivity index (χ1) is 9.74.